The Morgan fingerprint density at radius 1 is 0.442 bits per heavy atom. The molecule has 0 saturated heterocycles. The van der Waals surface area contributed by atoms with Gasteiger partial charge in [-0.25, -0.2) is 0 Å². The number of likely N-dealkylation sites (N-methyl/N-ethyl adjacent to an activating group) is 1. The highest BCUT2D eigenvalue weighted by Gasteiger charge is 2.23. The highest BCUT2D eigenvalue weighted by atomic mass is 31.2. The van der Waals surface area contributed by atoms with Crippen LogP contribution in [0.1, 0.15) is 354 Å². The fraction of sp³-hybridized carbons (Fsp3) is 0.926. The van der Waals surface area contributed by atoms with Crippen molar-refractivity contribution in [1.29, 1.82) is 0 Å². The second-order valence-electron chi connectivity index (χ2n) is 24.9. The number of nitrogens with zero attached hydrogens (tertiary/aromatic N) is 1. The molecule has 3 atom stereocenters. The molecule has 9 heteroatoms. The molecule has 0 aliphatic heterocycles. The van der Waals surface area contributed by atoms with Gasteiger partial charge in [0.2, 0.25) is 5.91 Å². The van der Waals surface area contributed by atoms with E-state index in [0.717, 1.165) is 38.5 Å². The zero-order chi connectivity index (χ0) is 56.3. The van der Waals surface area contributed by atoms with Crippen LogP contribution in [0.25, 0.3) is 0 Å². The lowest BCUT2D eigenvalue weighted by atomic mass is 10.0. The van der Waals surface area contributed by atoms with Crippen LogP contribution in [0.15, 0.2) is 24.3 Å². The van der Waals surface area contributed by atoms with Crippen molar-refractivity contribution in [3.63, 3.8) is 0 Å². The molecule has 0 bridgehead atoms. The number of nitrogens with one attached hydrogen (secondary N) is 1. The number of phosphoric ester groups is 1. The number of carbonyl (C=O) groups excluding carboxylic acids is 1. The summed E-state index contributed by atoms with van der Waals surface area (Å²) < 4.78 is 23.5. The number of phosphoric acid groups is 1. The molecule has 0 rings (SSSR count). The number of carbonyl (C=O) groups is 1. The summed E-state index contributed by atoms with van der Waals surface area (Å²) in [5.41, 5.74) is 0. The summed E-state index contributed by atoms with van der Waals surface area (Å²) in [6, 6.07) is -0.886. The van der Waals surface area contributed by atoms with Gasteiger partial charge in [0.15, 0.2) is 0 Å². The topological polar surface area (TPSA) is 108 Å². The van der Waals surface area contributed by atoms with Gasteiger partial charge in [0.05, 0.1) is 39.9 Å². The number of aliphatic hydroxyl groups is 1. The lowest BCUT2D eigenvalue weighted by Crippen LogP contribution is -2.45. The smallest absolute Gasteiger partial charge is 0.268 e. The van der Waals surface area contributed by atoms with E-state index in [0.29, 0.717) is 17.4 Å². The van der Waals surface area contributed by atoms with Crippen molar-refractivity contribution in [2.45, 2.75) is 366 Å². The monoisotopic (exact) mass is 1110 g/mol. The maximum Gasteiger partial charge on any atom is 0.268 e. The molecule has 0 aromatic rings. The second kappa shape index (κ2) is 59.6. The van der Waals surface area contributed by atoms with Crippen LogP contribution in [0, 0.1) is 0 Å². The fourth-order valence-corrected chi connectivity index (χ4v) is 11.3. The lowest BCUT2D eigenvalue weighted by molar-refractivity contribution is -0.870. The van der Waals surface area contributed by atoms with Gasteiger partial charge in [0, 0.05) is 6.42 Å². The first-order valence-corrected chi connectivity index (χ1v) is 35.7. The van der Waals surface area contributed by atoms with E-state index in [4.69, 9.17) is 9.05 Å². The van der Waals surface area contributed by atoms with Crippen molar-refractivity contribution in [3.8, 4) is 0 Å². The van der Waals surface area contributed by atoms with Crippen molar-refractivity contribution in [3.05, 3.63) is 24.3 Å². The first-order chi connectivity index (χ1) is 37.5. The van der Waals surface area contributed by atoms with Gasteiger partial charge < -0.3 is 28.8 Å². The Balaban J connectivity index is 4.06. The second-order valence-corrected chi connectivity index (χ2v) is 26.3. The van der Waals surface area contributed by atoms with Gasteiger partial charge in [-0.1, -0.05) is 327 Å². The predicted molar refractivity (Wildman–Crippen MR) is 335 cm³/mol. The molecule has 0 fully saturated rings. The fourth-order valence-electron chi connectivity index (χ4n) is 10.6. The first kappa shape index (κ1) is 76.0. The summed E-state index contributed by atoms with van der Waals surface area (Å²) in [5, 5.41) is 14.0. The Labute approximate surface area is 481 Å². The summed E-state index contributed by atoms with van der Waals surface area (Å²) in [4.78, 5) is 25.6. The molecule has 77 heavy (non-hydrogen) atoms. The van der Waals surface area contributed by atoms with Crippen LogP contribution in [0.5, 0.6) is 0 Å². The van der Waals surface area contributed by atoms with Crippen LogP contribution in [-0.2, 0) is 18.4 Å². The molecule has 0 aromatic heterocycles. The van der Waals surface area contributed by atoms with Crippen LogP contribution >= 0.6 is 7.82 Å². The summed E-state index contributed by atoms with van der Waals surface area (Å²) in [6.07, 6.45) is 77.2. The molecule has 3 unspecified atom stereocenters. The average Bonchev–Trinajstić information content (AvgIpc) is 3.39. The van der Waals surface area contributed by atoms with Crippen LogP contribution in [0.3, 0.4) is 0 Å². The molecule has 458 valence electrons. The number of rotatable bonds is 64. The highest BCUT2D eigenvalue weighted by Crippen LogP contribution is 2.38. The van der Waals surface area contributed by atoms with Gasteiger partial charge in [0.25, 0.3) is 7.82 Å². The Hall–Kier alpha value is -1.02. The van der Waals surface area contributed by atoms with Crippen molar-refractivity contribution in [1.82, 2.24) is 5.32 Å². The molecular weight excluding hydrogens is 972 g/mol. The van der Waals surface area contributed by atoms with Crippen LogP contribution in [0.4, 0.5) is 0 Å². The molecule has 0 aromatic carbocycles. The Bertz CT molecular complexity index is 1300. The Morgan fingerprint density at radius 3 is 1.01 bits per heavy atom. The largest absolute Gasteiger partial charge is 0.756 e. The third-order valence-corrected chi connectivity index (χ3v) is 16.9. The van der Waals surface area contributed by atoms with Crippen LogP contribution < -0.4 is 10.2 Å². The summed E-state index contributed by atoms with van der Waals surface area (Å²) >= 11 is 0. The standard InChI is InChI=1S/C68H135N2O6P/c1-6-8-10-12-14-16-18-20-22-24-26-28-30-32-33-34-35-36-38-39-41-43-45-47-49-51-53-55-57-59-61-67(71)66(65-76-77(73,74)75-64-63-70(3,4)5)69-68(72)62-60-58-56-54-52-50-48-46-44-42-40-37-31-29-27-25-23-21-19-17-15-13-11-9-7-2/h25,27,59,61,66-67,71H,6-24,26,28-58,60,62-65H2,1-5H3,(H-,69,72,73,74)/b27-25-,61-59+. The molecule has 0 spiro atoms. The zero-order valence-corrected chi connectivity index (χ0v) is 53.3. The predicted octanol–water partition coefficient (Wildman–Crippen LogP) is 20.9. The number of amides is 1. The van der Waals surface area contributed by atoms with E-state index in [1.165, 1.54) is 295 Å². The third kappa shape index (κ3) is 62.4. The minimum atomic E-state index is -4.60. The van der Waals surface area contributed by atoms with E-state index < -0.39 is 20.0 Å². The molecule has 0 aliphatic rings. The van der Waals surface area contributed by atoms with E-state index in [2.05, 4.69) is 31.3 Å². The van der Waals surface area contributed by atoms with Crippen molar-refractivity contribution >= 4 is 13.7 Å². The van der Waals surface area contributed by atoms with E-state index in [1.807, 2.05) is 27.2 Å². The van der Waals surface area contributed by atoms with E-state index in [1.54, 1.807) is 6.08 Å². The van der Waals surface area contributed by atoms with Gasteiger partial charge in [-0.15, -0.1) is 0 Å². The zero-order valence-electron chi connectivity index (χ0n) is 52.4. The minimum absolute atomic E-state index is 0.00133. The van der Waals surface area contributed by atoms with Gasteiger partial charge >= 0.3 is 0 Å². The number of aliphatic hydroxyl groups excluding tert-OH is 1. The summed E-state index contributed by atoms with van der Waals surface area (Å²) in [5.74, 6) is -0.191. The van der Waals surface area contributed by atoms with Gasteiger partial charge in [-0.2, -0.15) is 0 Å². The lowest BCUT2D eigenvalue weighted by Gasteiger charge is -2.29. The number of hydrogen-bond acceptors (Lipinski definition) is 6. The van der Waals surface area contributed by atoms with E-state index >= 15 is 0 Å². The Kier molecular flexibility index (Phi) is 58.8. The SMILES string of the molecule is CCCCCCCCCC/C=C\CCCCCCCCCCCCCCCC(=O)NC(COP(=O)([O-])OCC[N+](C)(C)C)C(O)/C=C/CCCCCCCCCCCCCCCCCCCCCCCCCCCCCC. The van der Waals surface area contributed by atoms with E-state index in [9.17, 15) is 19.4 Å². The molecule has 2 N–H and O–H groups in total. The maximum absolute atomic E-state index is 13.0. The van der Waals surface area contributed by atoms with Crippen molar-refractivity contribution < 1.29 is 32.9 Å². The molecule has 0 aliphatic carbocycles. The molecular formula is C68H135N2O6P. The summed E-state index contributed by atoms with van der Waals surface area (Å²) in [6.45, 7) is 4.71. The van der Waals surface area contributed by atoms with Gasteiger partial charge in [-0.3, -0.25) is 9.36 Å². The number of quaternary nitrogens is 1. The molecule has 0 saturated carbocycles. The third-order valence-electron chi connectivity index (χ3n) is 15.9. The molecule has 1 amide bonds. The normalized spacial score (nSPS) is 13.8. The number of unbranched alkanes of at least 4 members (excludes halogenated alkanes) is 49. The van der Waals surface area contributed by atoms with E-state index in [-0.39, 0.29) is 19.1 Å². The first-order valence-electron chi connectivity index (χ1n) is 34.2. The quantitative estimate of drug-likeness (QED) is 0.0272. The molecule has 8 nitrogen and oxygen atoms in total. The van der Waals surface area contributed by atoms with Crippen LogP contribution in [0.2, 0.25) is 0 Å². The maximum atomic E-state index is 13.0. The van der Waals surface area contributed by atoms with Crippen molar-refractivity contribution in [2.24, 2.45) is 0 Å². The number of hydrogen-bond donors (Lipinski definition) is 2. The van der Waals surface area contributed by atoms with Gasteiger partial charge in [-0.05, 0) is 44.9 Å². The molecule has 0 heterocycles. The molecule has 0 radical (unpaired) electrons. The Morgan fingerprint density at radius 2 is 0.714 bits per heavy atom. The number of allylic oxidation sites excluding steroid dienone is 3. The summed E-state index contributed by atoms with van der Waals surface area (Å²) in [7, 11) is 1.28. The van der Waals surface area contributed by atoms with Crippen LogP contribution in [-0.4, -0.2) is 68.5 Å². The van der Waals surface area contributed by atoms with Crippen molar-refractivity contribution in [2.75, 3.05) is 40.9 Å². The highest BCUT2D eigenvalue weighted by molar-refractivity contribution is 7.45. The van der Waals surface area contributed by atoms with Gasteiger partial charge in [0.1, 0.15) is 13.2 Å². The minimum Gasteiger partial charge on any atom is -0.756 e. The average molecular weight is 1110 g/mol.